The van der Waals surface area contributed by atoms with Crippen LogP contribution in [0.15, 0.2) is 71.7 Å². The third-order valence-corrected chi connectivity index (χ3v) is 4.81. The number of aromatic amines is 1. The van der Waals surface area contributed by atoms with Crippen molar-refractivity contribution in [1.29, 1.82) is 0 Å². The van der Waals surface area contributed by atoms with Gasteiger partial charge in [0.15, 0.2) is 6.10 Å². The Morgan fingerprint density at radius 3 is 2.53 bits per heavy atom. The fraction of sp³-hybridized carbons (Fsp3) is 0.130. The number of ether oxygens (including phenoxy) is 1. The first-order valence-corrected chi connectivity index (χ1v) is 9.43. The standard InChI is InChI=1S/C23H19N3O4/c1-14-12-20(27)21(25-26(14)16-8-4-3-5-9-16)23(29)30-15(2)22(28)18-13-24-19-11-7-6-10-17(18)19/h3-13,15,24H,1-2H3. The monoisotopic (exact) mass is 401 g/mol. The maximum Gasteiger partial charge on any atom is 0.363 e. The van der Waals surface area contributed by atoms with Gasteiger partial charge in [-0.1, -0.05) is 36.4 Å². The van der Waals surface area contributed by atoms with Crippen molar-refractivity contribution in [3.63, 3.8) is 0 Å². The van der Waals surface area contributed by atoms with Crippen LogP contribution in [0.1, 0.15) is 33.5 Å². The molecule has 1 atom stereocenters. The molecule has 0 aliphatic rings. The van der Waals surface area contributed by atoms with E-state index in [1.807, 2.05) is 54.6 Å². The molecule has 30 heavy (non-hydrogen) atoms. The van der Waals surface area contributed by atoms with Crippen molar-refractivity contribution in [2.75, 3.05) is 0 Å². The maximum absolute atomic E-state index is 12.8. The fourth-order valence-corrected chi connectivity index (χ4v) is 3.28. The van der Waals surface area contributed by atoms with Crippen LogP contribution in [-0.4, -0.2) is 32.6 Å². The van der Waals surface area contributed by atoms with E-state index in [2.05, 4.69) is 10.1 Å². The van der Waals surface area contributed by atoms with Crippen molar-refractivity contribution < 1.29 is 14.3 Å². The predicted octanol–water partition coefficient (Wildman–Crippen LogP) is 3.45. The molecular weight excluding hydrogens is 382 g/mol. The Balaban J connectivity index is 1.60. The summed E-state index contributed by atoms with van der Waals surface area (Å²) in [5.41, 5.74) is 1.58. The largest absolute Gasteiger partial charge is 0.449 e. The molecule has 0 radical (unpaired) electrons. The molecule has 2 aromatic heterocycles. The summed E-state index contributed by atoms with van der Waals surface area (Å²) in [6.45, 7) is 3.20. The molecule has 0 aliphatic heterocycles. The molecule has 1 N–H and O–H groups in total. The van der Waals surface area contributed by atoms with E-state index < -0.39 is 17.5 Å². The van der Waals surface area contributed by atoms with Crippen molar-refractivity contribution in [3.05, 3.63) is 94.0 Å². The molecule has 2 aromatic carbocycles. The number of Topliss-reactive ketones (excluding diaryl/α,β-unsaturated/α-hetero) is 1. The van der Waals surface area contributed by atoms with Gasteiger partial charge in [0.25, 0.3) is 0 Å². The van der Waals surface area contributed by atoms with Gasteiger partial charge in [-0.15, -0.1) is 0 Å². The summed E-state index contributed by atoms with van der Waals surface area (Å²) in [5.74, 6) is -1.30. The minimum atomic E-state index is -1.08. The second kappa shape index (κ2) is 7.79. The van der Waals surface area contributed by atoms with Crippen LogP contribution >= 0.6 is 0 Å². The van der Waals surface area contributed by atoms with E-state index in [1.54, 1.807) is 13.1 Å². The van der Waals surface area contributed by atoms with Crippen LogP contribution in [-0.2, 0) is 4.74 Å². The molecular formula is C23H19N3O4. The average Bonchev–Trinajstić information content (AvgIpc) is 3.18. The summed E-state index contributed by atoms with van der Waals surface area (Å²) in [4.78, 5) is 40.8. The number of carbonyl (C=O) groups excluding carboxylic acids is 2. The first-order chi connectivity index (χ1) is 14.5. The molecule has 0 fully saturated rings. The molecule has 4 rings (SSSR count). The number of nitrogens with one attached hydrogen (secondary N) is 1. The highest BCUT2D eigenvalue weighted by molar-refractivity contribution is 6.10. The third-order valence-electron chi connectivity index (χ3n) is 4.81. The number of para-hydroxylation sites is 2. The Morgan fingerprint density at radius 1 is 1.07 bits per heavy atom. The Bertz CT molecular complexity index is 1310. The number of carbonyl (C=O) groups is 2. The van der Waals surface area contributed by atoms with Crippen LogP contribution < -0.4 is 5.43 Å². The topological polar surface area (TPSA) is 94.1 Å². The SMILES string of the molecule is Cc1cc(=O)c(C(=O)OC(C)C(=O)c2c[nH]c3ccccc23)nn1-c1ccccc1. The number of fused-ring (bicyclic) bond motifs is 1. The van der Waals surface area contributed by atoms with Crippen LogP contribution in [0, 0.1) is 6.92 Å². The molecule has 7 nitrogen and oxygen atoms in total. The lowest BCUT2D eigenvalue weighted by Crippen LogP contribution is -2.29. The first kappa shape index (κ1) is 19.3. The lowest BCUT2D eigenvalue weighted by Gasteiger charge is -2.13. The second-order valence-electron chi connectivity index (χ2n) is 6.91. The van der Waals surface area contributed by atoms with Crippen molar-refractivity contribution >= 4 is 22.7 Å². The lowest BCUT2D eigenvalue weighted by molar-refractivity contribution is 0.0310. The van der Waals surface area contributed by atoms with E-state index >= 15 is 0 Å². The lowest BCUT2D eigenvalue weighted by atomic mass is 10.1. The minimum Gasteiger partial charge on any atom is -0.449 e. The van der Waals surface area contributed by atoms with Crippen LogP contribution in [0.2, 0.25) is 0 Å². The normalized spacial score (nSPS) is 11.9. The van der Waals surface area contributed by atoms with Crippen LogP contribution in [0.3, 0.4) is 0 Å². The summed E-state index contributed by atoms with van der Waals surface area (Å²) >= 11 is 0. The second-order valence-corrected chi connectivity index (χ2v) is 6.91. The Labute approximate surface area is 171 Å². The average molecular weight is 401 g/mol. The summed E-state index contributed by atoms with van der Waals surface area (Å²) < 4.78 is 6.79. The molecule has 0 saturated heterocycles. The number of aromatic nitrogens is 3. The fourth-order valence-electron chi connectivity index (χ4n) is 3.28. The van der Waals surface area contributed by atoms with Gasteiger partial charge in [0.1, 0.15) is 0 Å². The van der Waals surface area contributed by atoms with Gasteiger partial charge in [0.2, 0.25) is 16.9 Å². The number of hydrogen-bond donors (Lipinski definition) is 1. The number of esters is 1. The highest BCUT2D eigenvalue weighted by Crippen LogP contribution is 2.20. The van der Waals surface area contributed by atoms with E-state index in [4.69, 9.17) is 4.74 Å². The molecule has 0 saturated carbocycles. The number of H-pyrrole nitrogens is 1. The smallest absolute Gasteiger partial charge is 0.363 e. The van der Waals surface area contributed by atoms with E-state index in [0.29, 0.717) is 16.9 Å². The number of benzene rings is 2. The third kappa shape index (κ3) is 3.53. The number of rotatable bonds is 5. The zero-order chi connectivity index (χ0) is 21.3. The molecule has 4 aromatic rings. The Kier molecular flexibility index (Phi) is 5.02. The van der Waals surface area contributed by atoms with Crippen molar-refractivity contribution in [2.24, 2.45) is 0 Å². The molecule has 2 heterocycles. The van der Waals surface area contributed by atoms with Gasteiger partial charge in [0.05, 0.1) is 5.69 Å². The molecule has 1 unspecified atom stereocenters. The highest BCUT2D eigenvalue weighted by atomic mass is 16.5. The van der Waals surface area contributed by atoms with Gasteiger partial charge < -0.3 is 9.72 Å². The van der Waals surface area contributed by atoms with Crippen molar-refractivity contribution in [3.8, 4) is 5.69 Å². The molecule has 0 aliphatic carbocycles. The zero-order valence-corrected chi connectivity index (χ0v) is 16.5. The number of ketones is 1. The molecule has 0 amide bonds. The Hall–Kier alpha value is -4.00. The summed E-state index contributed by atoms with van der Waals surface area (Å²) in [5, 5.41) is 4.92. The predicted molar refractivity (Wildman–Crippen MR) is 112 cm³/mol. The molecule has 0 bridgehead atoms. The van der Waals surface area contributed by atoms with Gasteiger partial charge in [-0.3, -0.25) is 9.59 Å². The number of aryl methyl sites for hydroxylation is 1. The maximum atomic E-state index is 12.8. The van der Waals surface area contributed by atoms with Crippen LogP contribution in [0.25, 0.3) is 16.6 Å². The van der Waals surface area contributed by atoms with Crippen molar-refractivity contribution in [1.82, 2.24) is 14.8 Å². The molecule has 7 heteroatoms. The van der Waals surface area contributed by atoms with Gasteiger partial charge in [0, 0.05) is 34.4 Å². The summed E-state index contributed by atoms with van der Waals surface area (Å²) in [6, 6.07) is 17.8. The first-order valence-electron chi connectivity index (χ1n) is 9.43. The Morgan fingerprint density at radius 2 is 1.77 bits per heavy atom. The van der Waals surface area contributed by atoms with Gasteiger partial charge in [-0.25, -0.2) is 9.48 Å². The van der Waals surface area contributed by atoms with Gasteiger partial charge in [-0.2, -0.15) is 5.10 Å². The van der Waals surface area contributed by atoms with E-state index in [-0.39, 0.29) is 11.5 Å². The number of nitrogens with zero attached hydrogens (tertiary/aromatic N) is 2. The van der Waals surface area contributed by atoms with E-state index in [9.17, 15) is 14.4 Å². The molecule has 0 spiro atoms. The van der Waals surface area contributed by atoms with Gasteiger partial charge >= 0.3 is 5.97 Å². The highest BCUT2D eigenvalue weighted by Gasteiger charge is 2.25. The van der Waals surface area contributed by atoms with Crippen LogP contribution in [0.5, 0.6) is 0 Å². The number of hydrogen-bond acceptors (Lipinski definition) is 5. The van der Waals surface area contributed by atoms with Crippen LogP contribution in [0.4, 0.5) is 0 Å². The minimum absolute atomic E-state index is 0.365. The van der Waals surface area contributed by atoms with E-state index in [0.717, 1.165) is 10.9 Å². The van der Waals surface area contributed by atoms with Gasteiger partial charge in [-0.05, 0) is 32.0 Å². The van der Waals surface area contributed by atoms with Crippen molar-refractivity contribution in [2.45, 2.75) is 20.0 Å². The zero-order valence-electron chi connectivity index (χ0n) is 16.5. The summed E-state index contributed by atoms with van der Waals surface area (Å²) in [6.07, 6.45) is 0.508. The summed E-state index contributed by atoms with van der Waals surface area (Å²) in [7, 11) is 0. The van der Waals surface area contributed by atoms with E-state index in [1.165, 1.54) is 17.7 Å². The molecule has 150 valence electrons. The quantitative estimate of drug-likeness (QED) is 0.408.